The summed E-state index contributed by atoms with van der Waals surface area (Å²) in [6, 6.07) is 3.72. The SMILES string of the molecule is CN1C=NCC(c2ccc(F)cc2F)C1. The van der Waals surface area contributed by atoms with Gasteiger partial charge in [0, 0.05) is 32.1 Å². The summed E-state index contributed by atoms with van der Waals surface area (Å²) in [6.07, 6.45) is 1.73. The fourth-order valence-corrected chi connectivity index (χ4v) is 1.80. The second-order valence-corrected chi connectivity index (χ2v) is 3.78. The molecular weight excluding hydrogens is 198 g/mol. The third kappa shape index (κ3) is 2.14. The van der Waals surface area contributed by atoms with Gasteiger partial charge >= 0.3 is 0 Å². The molecule has 0 aliphatic carbocycles. The lowest BCUT2D eigenvalue weighted by Crippen LogP contribution is -2.29. The summed E-state index contributed by atoms with van der Waals surface area (Å²) >= 11 is 0. The van der Waals surface area contributed by atoms with Gasteiger partial charge in [-0.05, 0) is 11.6 Å². The molecule has 1 aromatic rings. The van der Waals surface area contributed by atoms with Crippen molar-refractivity contribution in [2.24, 2.45) is 4.99 Å². The molecule has 4 heteroatoms. The zero-order chi connectivity index (χ0) is 10.8. The summed E-state index contributed by atoms with van der Waals surface area (Å²) < 4.78 is 26.2. The van der Waals surface area contributed by atoms with Crippen LogP contribution in [0.25, 0.3) is 0 Å². The minimum absolute atomic E-state index is 0.0144. The van der Waals surface area contributed by atoms with Crippen molar-refractivity contribution in [3.05, 3.63) is 35.4 Å². The largest absolute Gasteiger partial charge is 0.365 e. The first-order chi connectivity index (χ1) is 7.16. The smallest absolute Gasteiger partial charge is 0.129 e. The van der Waals surface area contributed by atoms with Crippen molar-refractivity contribution >= 4 is 6.34 Å². The van der Waals surface area contributed by atoms with Crippen LogP contribution in [0.2, 0.25) is 0 Å². The quantitative estimate of drug-likeness (QED) is 0.692. The Morgan fingerprint density at radius 2 is 2.20 bits per heavy atom. The van der Waals surface area contributed by atoms with E-state index in [4.69, 9.17) is 0 Å². The normalized spacial score (nSPS) is 20.7. The van der Waals surface area contributed by atoms with Gasteiger partial charge in [-0.25, -0.2) is 8.78 Å². The first kappa shape index (κ1) is 10.1. The van der Waals surface area contributed by atoms with Crippen molar-refractivity contribution in [2.75, 3.05) is 20.1 Å². The Hall–Kier alpha value is -1.45. The number of aliphatic imine (C=N–C) groups is 1. The fourth-order valence-electron chi connectivity index (χ4n) is 1.80. The monoisotopic (exact) mass is 210 g/mol. The Kier molecular flexibility index (Phi) is 2.66. The maximum Gasteiger partial charge on any atom is 0.129 e. The number of hydrogen-bond acceptors (Lipinski definition) is 2. The molecule has 1 atom stereocenters. The highest BCUT2D eigenvalue weighted by Gasteiger charge is 2.19. The van der Waals surface area contributed by atoms with E-state index in [2.05, 4.69) is 4.99 Å². The van der Waals surface area contributed by atoms with Crippen LogP contribution in [0, 0.1) is 11.6 Å². The third-order valence-electron chi connectivity index (χ3n) is 2.52. The molecule has 1 aliphatic rings. The lowest BCUT2D eigenvalue weighted by atomic mass is 9.97. The molecule has 2 rings (SSSR count). The summed E-state index contributed by atoms with van der Waals surface area (Å²) in [4.78, 5) is 6.02. The molecule has 0 aromatic heterocycles. The molecule has 0 spiro atoms. The van der Waals surface area contributed by atoms with Gasteiger partial charge in [-0.2, -0.15) is 0 Å². The van der Waals surface area contributed by atoms with E-state index in [1.54, 1.807) is 6.34 Å². The third-order valence-corrected chi connectivity index (χ3v) is 2.52. The second kappa shape index (κ2) is 3.96. The van der Waals surface area contributed by atoms with Crippen molar-refractivity contribution in [1.29, 1.82) is 0 Å². The van der Waals surface area contributed by atoms with Crippen LogP contribution in [0.3, 0.4) is 0 Å². The molecule has 1 aromatic carbocycles. The van der Waals surface area contributed by atoms with E-state index in [0.717, 1.165) is 6.07 Å². The molecule has 80 valence electrons. The van der Waals surface area contributed by atoms with Crippen LogP contribution in [-0.2, 0) is 0 Å². The van der Waals surface area contributed by atoms with Gasteiger partial charge in [0.05, 0.1) is 6.34 Å². The van der Waals surface area contributed by atoms with E-state index in [1.165, 1.54) is 12.1 Å². The number of rotatable bonds is 1. The number of nitrogens with zero attached hydrogens (tertiary/aromatic N) is 2. The average molecular weight is 210 g/mol. The lowest BCUT2D eigenvalue weighted by molar-refractivity contribution is 0.428. The minimum atomic E-state index is -0.538. The predicted octanol–water partition coefficient (Wildman–Crippen LogP) is 2.02. The summed E-state index contributed by atoms with van der Waals surface area (Å²) in [6.45, 7) is 1.28. The first-order valence-corrected chi connectivity index (χ1v) is 4.82. The molecule has 0 fully saturated rings. The molecule has 1 heterocycles. The maximum absolute atomic E-state index is 13.5. The molecule has 0 bridgehead atoms. The van der Waals surface area contributed by atoms with Gasteiger partial charge in [0.1, 0.15) is 11.6 Å². The van der Waals surface area contributed by atoms with Gasteiger partial charge in [0.2, 0.25) is 0 Å². The number of hydrogen-bond donors (Lipinski definition) is 0. The van der Waals surface area contributed by atoms with Gasteiger partial charge in [-0.15, -0.1) is 0 Å². The summed E-state index contributed by atoms with van der Waals surface area (Å²) in [5.41, 5.74) is 0.542. The van der Waals surface area contributed by atoms with Crippen LogP contribution in [0.1, 0.15) is 11.5 Å². The van der Waals surface area contributed by atoms with Gasteiger partial charge in [-0.1, -0.05) is 6.07 Å². The zero-order valence-electron chi connectivity index (χ0n) is 8.45. The lowest BCUT2D eigenvalue weighted by Gasteiger charge is -2.25. The number of halogens is 2. The van der Waals surface area contributed by atoms with Gasteiger partial charge in [-0.3, -0.25) is 4.99 Å². The molecule has 0 radical (unpaired) electrons. The molecule has 2 nitrogen and oxygen atoms in total. The molecule has 0 saturated heterocycles. The summed E-state index contributed by atoms with van der Waals surface area (Å²) in [5.74, 6) is -1.00. The number of likely N-dealkylation sites (N-methyl/N-ethyl adjacent to an activating group) is 1. The Morgan fingerprint density at radius 3 is 2.87 bits per heavy atom. The zero-order valence-corrected chi connectivity index (χ0v) is 8.45. The van der Waals surface area contributed by atoms with Crippen LogP contribution in [0.4, 0.5) is 8.78 Å². The molecule has 0 N–H and O–H groups in total. The minimum Gasteiger partial charge on any atom is -0.365 e. The van der Waals surface area contributed by atoms with Crippen molar-refractivity contribution in [2.45, 2.75) is 5.92 Å². The second-order valence-electron chi connectivity index (χ2n) is 3.78. The van der Waals surface area contributed by atoms with Crippen LogP contribution in [0.15, 0.2) is 23.2 Å². The molecule has 1 aliphatic heterocycles. The predicted molar refractivity (Wildman–Crippen MR) is 55.1 cm³/mol. The molecule has 0 saturated carbocycles. The molecule has 1 unspecified atom stereocenters. The van der Waals surface area contributed by atoms with Crippen LogP contribution in [-0.4, -0.2) is 31.4 Å². The van der Waals surface area contributed by atoms with E-state index in [9.17, 15) is 8.78 Å². The van der Waals surface area contributed by atoms with Gasteiger partial charge < -0.3 is 4.90 Å². The standard InChI is InChI=1S/C11H12F2N2/c1-15-6-8(5-14-7-15)10-3-2-9(12)4-11(10)13/h2-4,7-8H,5-6H2,1H3. The van der Waals surface area contributed by atoms with E-state index < -0.39 is 11.6 Å². The van der Waals surface area contributed by atoms with Gasteiger partial charge in [0.15, 0.2) is 0 Å². The van der Waals surface area contributed by atoms with Crippen LogP contribution < -0.4 is 0 Å². The summed E-state index contributed by atoms with van der Waals surface area (Å²) in [7, 11) is 1.89. The van der Waals surface area contributed by atoms with E-state index in [1.807, 2.05) is 11.9 Å². The van der Waals surface area contributed by atoms with E-state index in [0.29, 0.717) is 18.7 Å². The Bertz CT molecular complexity index is 390. The van der Waals surface area contributed by atoms with Crippen molar-refractivity contribution in [3.63, 3.8) is 0 Å². The summed E-state index contributed by atoms with van der Waals surface area (Å²) in [5, 5.41) is 0. The van der Waals surface area contributed by atoms with Crippen molar-refractivity contribution < 1.29 is 8.78 Å². The first-order valence-electron chi connectivity index (χ1n) is 4.82. The average Bonchev–Trinajstić information content (AvgIpc) is 2.17. The highest BCUT2D eigenvalue weighted by Crippen LogP contribution is 2.22. The van der Waals surface area contributed by atoms with Crippen molar-refractivity contribution in [3.8, 4) is 0 Å². The molecule has 15 heavy (non-hydrogen) atoms. The van der Waals surface area contributed by atoms with Crippen molar-refractivity contribution in [1.82, 2.24) is 4.90 Å². The number of benzene rings is 1. The maximum atomic E-state index is 13.5. The van der Waals surface area contributed by atoms with Crippen LogP contribution in [0.5, 0.6) is 0 Å². The highest BCUT2D eigenvalue weighted by molar-refractivity contribution is 5.56. The Morgan fingerprint density at radius 1 is 1.40 bits per heavy atom. The van der Waals surface area contributed by atoms with E-state index in [-0.39, 0.29) is 5.92 Å². The topological polar surface area (TPSA) is 15.6 Å². The van der Waals surface area contributed by atoms with Crippen LogP contribution >= 0.6 is 0 Å². The molecular formula is C11H12F2N2. The van der Waals surface area contributed by atoms with E-state index >= 15 is 0 Å². The Balaban J connectivity index is 2.26. The molecule has 0 amide bonds. The Labute approximate surface area is 87.2 Å². The fraction of sp³-hybridized carbons (Fsp3) is 0.364. The highest BCUT2D eigenvalue weighted by atomic mass is 19.1. The van der Waals surface area contributed by atoms with Gasteiger partial charge in [0.25, 0.3) is 0 Å².